The Balaban J connectivity index is 1.46. The maximum absolute atomic E-state index is 13.2. The summed E-state index contributed by atoms with van der Waals surface area (Å²) in [6.07, 6.45) is 7.00. The highest BCUT2D eigenvalue weighted by Crippen LogP contribution is 2.27. The fourth-order valence-electron chi connectivity index (χ4n) is 3.83. The second-order valence-corrected chi connectivity index (χ2v) is 8.61. The van der Waals surface area contributed by atoms with Gasteiger partial charge in [0.15, 0.2) is 0 Å². The highest BCUT2D eigenvalue weighted by Gasteiger charge is 2.14. The zero-order chi connectivity index (χ0) is 27.6. The van der Waals surface area contributed by atoms with Crippen molar-refractivity contribution in [2.45, 2.75) is 20.0 Å². The summed E-state index contributed by atoms with van der Waals surface area (Å²) in [5.41, 5.74) is 5.11. The van der Waals surface area contributed by atoms with Crippen molar-refractivity contribution in [2.75, 3.05) is 23.0 Å². The van der Waals surface area contributed by atoms with Crippen LogP contribution < -0.4 is 21.3 Å². The molecule has 0 aliphatic rings. The largest absolute Gasteiger partial charge is 0.371 e. The number of aromatic nitrogens is 2. The first-order chi connectivity index (χ1) is 19.0. The number of allylic oxidation sites excluding steroid dienone is 1. The first-order valence-corrected chi connectivity index (χ1v) is 12.3. The minimum atomic E-state index is -0.387. The number of nitrogens with one attached hydrogen (secondary N) is 4. The van der Waals surface area contributed by atoms with E-state index >= 15 is 0 Å². The molecule has 2 aromatic carbocycles. The number of hydrogen-bond donors (Lipinski definition) is 4. The van der Waals surface area contributed by atoms with E-state index in [0.717, 1.165) is 33.8 Å². The number of pyridine rings is 2. The smallest absolute Gasteiger partial charge is 0.255 e. The van der Waals surface area contributed by atoms with Gasteiger partial charge in [-0.05, 0) is 54.1 Å². The minimum absolute atomic E-state index is 0.215. The van der Waals surface area contributed by atoms with Gasteiger partial charge < -0.3 is 21.3 Å². The highest BCUT2D eigenvalue weighted by molar-refractivity contribution is 5.99. The maximum atomic E-state index is 13.2. The molecule has 0 saturated heterocycles. The van der Waals surface area contributed by atoms with Crippen LogP contribution in [0, 0.1) is 17.1 Å². The summed E-state index contributed by atoms with van der Waals surface area (Å²) in [5, 5.41) is 21.6. The molecule has 1 amide bonds. The van der Waals surface area contributed by atoms with Gasteiger partial charge in [0.1, 0.15) is 23.5 Å². The zero-order valence-electron chi connectivity index (χ0n) is 21.6. The predicted octanol–water partition coefficient (Wildman–Crippen LogP) is 5.68. The molecule has 2 heterocycles. The predicted molar refractivity (Wildman–Crippen MR) is 152 cm³/mol. The molecule has 4 rings (SSSR count). The normalized spacial score (nSPS) is 10.6. The number of anilines is 3. The first-order valence-electron chi connectivity index (χ1n) is 12.3. The van der Waals surface area contributed by atoms with Gasteiger partial charge in [-0.25, -0.2) is 14.4 Å². The van der Waals surface area contributed by atoms with Gasteiger partial charge in [0, 0.05) is 38.1 Å². The Labute approximate surface area is 226 Å². The van der Waals surface area contributed by atoms with Crippen LogP contribution in [0.15, 0.2) is 85.3 Å². The van der Waals surface area contributed by atoms with Crippen molar-refractivity contribution in [3.05, 3.63) is 113 Å². The molecule has 0 unspecified atom stereocenters. The molecule has 196 valence electrons. The molecule has 0 spiro atoms. The lowest BCUT2D eigenvalue weighted by Gasteiger charge is -2.13. The number of nitrogens with zero attached hydrogens (tertiary/aromatic N) is 3. The van der Waals surface area contributed by atoms with Crippen LogP contribution >= 0.6 is 0 Å². The summed E-state index contributed by atoms with van der Waals surface area (Å²) < 4.78 is 13.2. The van der Waals surface area contributed by atoms with Crippen LogP contribution in [0.4, 0.5) is 21.7 Å². The molecule has 9 heteroatoms. The van der Waals surface area contributed by atoms with E-state index in [4.69, 9.17) is 0 Å². The van der Waals surface area contributed by atoms with Gasteiger partial charge in [-0.15, -0.1) is 0 Å². The van der Waals surface area contributed by atoms with Gasteiger partial charge in [-0.1, -0.05) is 42.5 Å². The molecule has 2 aromatic heterocycles. The van der Waals surface area contributed by atoms with E-state index in [1.807, 2.05) is 68.8 Å². The molecular weight excluding hydrogens is 493 g/mol. The van der Waals surface area contributed by atoms with Crippen LogP contribution in [0.5, 0.6) is 0 Å². The summed E-state index contributed by atoms with van der Waals surface area (Å²) in [6, 6.07) is 19.4. The van der Waals surface area contributed by atoms with Gasteiger partial charge in [0.25, 0.3) is 5.91 Å². The van der Waals surface area contributed by atoms with E-state index in [-0.39, 0.29) is 29.4 Å². The third-order valence-corrected chi connectivity index (χ3v) is 5.90. The van der Waals surface area contributed by atoms with Crippen molar-refractivity contribution in [1.29, 1.82) is 5.26 Å². The quantitative estimate of drug-likeness (QED) is 0.212. The van der Waals surface area contributed by atoms with Crippen LogP contribution in [0.25, 0.3) is 11.1 Å². The van der Waals surface area contributed by atoms with E-state index in [1.165, 1.54) is 24.4 Å². The lowest BCUT2D eigenvalue weighted by atomic mass is 10.0. The molecule has 0 bridgehead atoms. The van der Waals surface area contributed by atoms with E-state index < -0.39 is 0 Å². The summed E-state index contributed by atoms with van der Waals surface area (Å²) in [5.74, 6) is 0.387. The van der Waals surface area contributed by atoms with Crippen molar-refractivity contribution in [3.63, 3.8) is 0 Å². The van der Waals surface area contributed by atoms with E-state index in [0.29, 0.717) is 12.4 Å². The monoisotopic (exact) mass is 521 g/mol. The second-order valence-electron chi connectivity index (χ2n) is 8.61. The Hall–Kier alpha value is -5.23. The number of amides is 1. The van der Waals surface area contributed by atoms with Crippen molar-refractivity contribution < 1.29 is 9.18 Å². The molecule has 0 aliphatic carbocycles. The number of halogens is 1. The number of hydrogen-bond acceptors (Lipinski definition) is 7. The fourth-order valence-corrected chi connectivity index (χ4v) is 3.83. The maximum Gasteiger partial charge on any atom is 0.255 e. The van der Waals surface area contributed by atoms with Crippen LogP contribution in [-0.4, -0.2) is 22.9 Å². The first kappa shape index (κ1) is 26.8. The summed E-state index contributed by atoms with van der Waals surface area (Å²) in [6.45, 7) is 2.57. The van der Waals surface area contributed by atoms with Gasteiger partial charge in [-0.3, -0.25) is 4.79 Å². The average Bonchev–Trinajstić information content (AvgIpc) is 2.98. The van der Waals surface area contributed by atoms with Crippen LogP contribution in [-0.2, 0) is 13.1 Å². The zero-order valence-corrected chi connectivity index (χ0v) is 21.6. The fraction of sp³-hybridized carbons (Fsp3) is 0.133. The molecule has 4 aromatic rings. The molecule has 39 heavy (non-hydrogen) atoms. The topological polar surface area (TPSA) is 115 Å². The molecule has 0 radical (unpaired) electrons. The van der Waals surface area contributed by atoms with Gasteiger partial charge in [0.05, 0.1) is 16.8 Å². The number of benzene rings is 2. The molecular formula is C30H28FN7O. The van der Waals surface area contributed by atoms with Crippen molar-refractivity contribution in [1.82, 2.24) is 15.3 Å². The standard InChI is InChI=1S/C30H28FN7O/c1-3-12-34-27-14-24(19-37-29(27)33-2)23-8-4-20(5-9-23)16-35-28-26(13-22(15-32)18-36-28)30(39)38-17-21-6-10-25(31)11-7-21/h3-14,18-19,34H,16-17H2,1-2H3,(H,33,37)(H,35,36)(H,38,39)/b12-3-. The Morgan fingerprint density at radius 3 is 2.33 bits per heavy atom. The summed E-state index contributed by atoms with van der Waals surface area (Å²) in [7, 11) is 1.83. The number of nitriles is 1. The van der Waals surface area contributed by atoms with Crippen molar-refractivity contribution in [2.24, 2.45) is 0 Å². The average molecular weight is 522 g/mol. The summed E-state index contributed by atoms with van der Waals surface area (Å²) in [4.78, 5) is 21.7. The molecule has 0 fully saturated rings. The lowest BCUT2D eigenvalue weighted by molar-refractivity contribution is 0.0951. The number of carbonyl (C=O) groups excluding carboxylic acids is 1. The SMILES string of the molecule is C/C=C\Nc1cc(-c2ccc(CNc3ncc(C#N)cc3C(=O)NCc3ccc(F)cc3)cc2)cnc1NC. The minimum Gasteiger partial charge on any atom is -0.371 e. The summed E-state index contributed by atoms with van der Waals surface area (Å²) >= 11 is 0. The molecule has 0 atom stereocenters. The molecule has 4 N–H and O–H groups in total. The number of carbonyl (C=O) groups is 1. The van der Waals surface area contributed by atoms with Crippen molar-refractivity contribution >= 4 is 23.2 Å². The lowest BCUT2D eigenvalue weighted by Crippen LogP contribution is -2.24. The van der Waals surface area contributed by atoms with Crippen LogP contribution in [0.2, 0.25) is 0 Å². The Morgan fingerprint density at radius 1 is 0.949 bits per heavy atom. The van der Waals surface area contributed by atoms with Crippen LogP contribution in [0.3, 0.4) is 0 Å². The second kappa shape index (κ2) is 12.8. The van der Waals surface area contributed by atoms with Gasteiger partial charge in [0.2, 0.25) is 0 Å². The van der Waals surface area contributed by atoms with Gasteiger partial charge in [-0.2, -0.15) is 5.26 Å². The van der Waals surface area contributed by atoms with Crippen molar-refractivity contribution in [3.8, 4) is 17.2 Å². The third kappa shape index (κ3) is 6.96. The number of rotatable bonds is 10. The highest BCUT2D eigenvalue weighted by atomic mass is 19.1. The Kier molecular flexibility index (Phi) is 8.83. The Bertz CT molecular complexity index is 1510. The molecule has 0 saturated carbocycles. The van der Waals surface area contributed by atoms with E-state index in [9.17, 15) is 14.4 Å². The van der Waals surface area contributed by atoms with Gasteiger partial charge >= 0.3 is 0 Å². The third-order valence-electron chi connectivity index (χ3n) is 5.90. The molecule has 8 nitrogen and oxygen atoms in total. The Morgan fingerprint density at radius 2 is 1.64 bits per heavy atom. The van der Waals surface area contributed by atoms with E-state index in [2.05, 4.69) is 31.2 Å². The van der Waals surface area contributed by atoms with Crippen LogP contribution in [0.1, 0.15) is 34.0 Å². The van der Waals surface area contributed by atoms with E-state index in [1.54, 1.807) is 12.1 Å². The molecule has 0 aliphatic heterocycles.